The van der Waals surface area contributed by atoms with E-state index in [2.05, 4.69) is 33.8 Å². The molecule has 4 unspecified atom stereocenters. The van der Waals surface area contributed by atoms with Crippen LogP contribution in [0.3, 0.4) is 0 Å². The van der Waals surface area contributed by atoms with Crippen LogP contribution in [-0.4, -0.2) is 24.4 Å². The van der Waals surface area contributed by atoms with Crippen molar-refractivity contribution < 1.29 is 9.84 Å². The fraction of sp³-hybridized carbons (Fsp3) is 0.929. The van der Waals surface area contributed by atoms with Crippen molar-refractivity contribution >= 4 is 0 Å². The summed E-state index contributed by atoms with van der Waals surface area (Å²) in [5.41, 5.74) is 2.73. The third-order valence-corrected chi connectivity index (χ3v) is 10.3. The minimum absolute atomic E-state index is 0.149. The van der Waals surface area contributed by atoms with Crippen LogP contribution in [0.15, 0.2) is 11.6 Å². The number of rotatable bonds is 8. The fourth-order valence-electron chi connectivity index (χ4n) is 8.52. The lowest BCUT2D eigenvalue weighted by Crippen LogP contribution is -2.50. The van der Waals surface area contributed by atoms with Crippen molar-refractivity contribution in [2.75, 3.05) is 13.2 Å². The second kappa shape index (κ2) is 9.26. The van der Waals surface area contributed by atoms with Gasteiger partial charge in [0.15, 0.2) is 0 Å². The molecule has 0 aromatic carbocycles. The lowest BCUT2D eigenvalue weighted by atomic mass is 9.47. The number of ether oxygens (including phenoxy) is 1. The fourth-order valence-corrected chi connectivity index (χ4v) is 8.52. The predicted molar refractivity (Wildman–Crippen MR) is 125 cm³/mol. The number of unbranched alkanes of at least 4 members (excludes halogenated alkanes) is 1. The minimum atomic E-state index is 0.149. The zero-order chi connectivity index (χ0) is 21.4. The molecule has 0 aromatic rings. The standard InChI is InChI=1S/C28H48O2/c1-20(2)7-5-6-8-21-10-12-25-24-11-9-22-19-23(30-18-17-29)13-15-28(22,4)26(24)14-16-27(21,25)3/h9,20-21,23-26,29H,5-8,10-19H2,1-4H3/t21?,23-,24?,25-,26-,27?,28?/m0/s1. The Morgan fingerprint density at radius 1 is 1.07 bits per heavy atom. The van der Waals surface area contributed by atoms with Crippen LogP contribution in [0.5, 0.6) is 0 Å². The summed E-state index contributed by atoms with van der Waals surface area (Å²) >= 11 is 0. The molecule has 0 aliphatic heterocycles. The van der Waals surface area contributed by atoms with Crippen LogP contribution >= 0.6 is 0 Å². The number of hydrogen-bond acceptors (Lipinski definition) is 2. The largest absolute Gasteiger partial charge is 0.394 e. The zero-order valence-corrected chi connectivity index (χ0v) is 20.3. The summed E-state index contributed by atoms with van der Waals surface area (Å²) in [6.07, 6.45) is 19.6. The van der Waals surface area contributed by atoms with Gasteiger partial charge >= 0.3 is 0 Å². The van der Waals surface area contributed by atoms with Crippen LogP contribution in [0.2, 0.25) is 0 Å². The second-order valence-electron chi connectivity index (χ2n) is 12.2. The summed E-state index contributed by atoms with van der Waals surface area (Å²) in [7, 11) is 0. The first-order chi connectivity index (χ1) is 14.4. The summed E-state index contributed by atoms with van der Waals surface area (Å²) in [6, 6.07) is 0. The van der Waals surface area contributed by atoms with E-state index in [0.29, 0.717) is 23.5 Å². The average molecular weight is 417 g/mol. The van der Waals surface area contributed by atoms with Gasteiger partial charge in [-0.1, -0.05) is 58.6 Å². The molecule has 2 nitrogen and oxygen atoms in total. The highest BCUT2D eigenvalue weighted by atomic mass is 16.5. The maximum Gasteiger partial charge on any atom is 0.0701 e. The lowest BCUT2D eigenvalue weighted by Gasteiger charge is -2.58. The van der Waals surface area contributed by atoms with Crippen molar-refractivity contribution in [3.8, 4) is 0 Å². The zero-order valence-electron chi connectivity index (χ0n) is 20.3. The Balaban J connectivity index is 1.42. The van der Waals surface area contributed by atoms with Gasteiger partial charge < -0.3 is 9.84 Å². The van der Waals surface area contributed by atoms with Gasteiger partial charge in [-0.25, -0.2) is 0 Å². The molecule has 30 heavy (non-hydrogen) atoms. The molecule has 172 valence electrons. The molecule has 2 heteroatoms. The minimum Gasteiger partial charge on any atom is -0.394 e. The Morgan fingerprint density at radius 3 is 2.67 bits per heavy atom. The predicted octanol–water partition coefficient (Wildman–Crippen LogP) is 7.16. The van der Waals surface area contributed by atoms with Gasteiger partial charge in [-0.15, -0.1) is 0 Å². The maximum absolute atomic E-state index is 9.12. The molecule has 4 aliphatic rings. The maximum atomic E-state index is 9.12. The normalized spacial score (nSPS) is 43.1. The van der Waals surface area contributed by atoms with Crippen LogP contribution in [0.25, 0.3) is 0 Å². The van der Waals surface area contributed by atoms with Crippen LogP contribution < -0.4 is 0 Å². The summed E-state index contributed by atoms with van der Waals surface area (Å²) in [4.78, 5) is 0. The van der Waals surface area contributed by atoms with Crippen LogP contribution in [0.1, 0.15) is 105 Å². The molecular weight excluding hydrogens is 368 g/mol. The van der Waals surface area contributed by atoms with Gasteiger partial charge in [-0.05, 0) is 98.2 Å². The Hall–Kier alpha value is -0.340. The Kier molecular flexibility index (Phi) is 7.05. The SMILES string of the molecule is CC(C)CCCCC1CC[C@H]2C3CC=C4C[C@@H](OCCO)CCC4(C)[C@H]3CCC12C. The van der Waals surface area contributed by atoms with E-state index >= 15 is 0 Å². The van der Waals surface area contributed by atoms with Crippen molar-refractivity contribution in [1.82, 2.24) is 0 Å². The topological polar surface area (TPSA) is 29.5 Å². The van der Waals surface area contributed by atoms with Gasteiger partial charge in [0.25, 0.3) is 0 Å². The average Bonchev–Trinajstić information content (AvgIpc) is 3.05. The highest BCUT2D eigenvalue weighted by molar-refractivity contribution is 5.25. The number of fused-ring (bicyclic) bond motifs is 5. The molecular formula is C28H48O2. The lowest BCUT2D eigenvalue weighted by molar-refractivity contribution is -0.0610. The van der Waals surface area contributed by atoms with Crippen molar-refractivity contribution in [2.24, 2.45) is 40.4 Å². The van der Waals surface area contributed by atoms with Gasteiger partial charge in [0.2, 0.25) is 0 Å². The third kappa shape index (κ3) is 4.17. The van der Waals surface area contributed by atoms with E-state index in [1.165, 1.54) is 70.6 Å². The molecule has 0 bridgehead atoms. The number of aliphatic hydroxyl groups is 1. The van der Waals surface area contributed by atoms with Crippen LogP contribution in [-0.2, 0) is 4.74 Å². The van der Waals surface area contributed by atoms with Gasteiger partial charge in [0, 0.05) is 0 Å². The smallest absolute Gasteiger partial charge is 0.0701 e. The van der Waals surface area contributed by atoms with Gasteiger partial charge in [0.1, 0.15) is 0 Å². The first-order valence-electron chi connectivity index (χ1n) is 13.3. The molecule has 4 aliphatic carbocycles. The highest BCUT2D eigenvalue weighted by Gasteiger charge is 2.58. The van der Waals surface area contributed by atoms with Gasteiger partial charge in [0.05, 0.1) is 19.3 Å². The van der Waals surface area contributed by atoms with E-state index in [0.717, 1.165) is 36.0 Å². The first-order valence-corrected chi connectivity index (χ1v) is 13.3. The van der Waals surface area contributed by atoms with E-state index in [9.17, 15) is 0 Å². The van der Waals surface area contributed by atoms with Gasteiger partial charge in [-0.3, -0.25) is 0 Å². The summed E-state index contributed by atoms with van der Waals surface area (Å²) in [5.74, 6) is 4.63. The molecule has 0 amide bonds. The van der Waals surface area contributed by atoms with Crippen molar-refractivity contribution in [2.45, 2.75) is 111 Å². The molecule has 0 saturated heterocycles. The molecule has 3 fully saturated rings. The monoisotopic (exact) mass is 416 g/mol. The van der Waals surface area contributed by atoms with E-state index in [1.54, 1.807) is 5.57 Å². The summed E-state index contributed by atoms with van der Waals surface area (Å²) in [5, 5.41) is 9.12. The molecule has 0 spiro atoms. The summed E-state index contributed by atoms with van der Waals surface area (Å²) < 4.78 is 5.93. The van der Waals surface area contributed by atoms with E-state index in [1.807, 2.05) is 0 Å². The van der Waals surface area contributed by atoms with Crippen molar-refractivity contribution in [3.05, 3.63) is 11.6 Å². The molecule has 1 N–H and O–H groups in total. The summed E-state index contributed by atoms with van der Waals surface area (Å²) in [6.45, 7) is 10.7. The number of hydrogen-bond donors (Lipinski definition) is 1. The van der Waals surface area contributed by atoms with E-state index in [-0.39, 0.29) is 6.61 Å². The second-order valence-corrected chi connectivity index (χ2v) is 12.2. The number of aliphatic hydroxyl groups excluding tert-OH is 1. The Morgan fingerprint density at radius 2 is 1.90 bits per heavy atom. The van der Waals surface area contributed by atoms with Crippen molar-refractivity contribution in [1.29, 1.82) is 0 Å². The van der Waals surface area contributed by atoms with E-state index in [4.69, 9.17) is 9.84 Å². The van der Waals surface area contributed by atoms with Crippen LogP contribution in [0, 0.1) is 40.4 Å². The Labute approximate surface area is 186 Å². The molecule has 0 heterocycles. The quantitative estimate of drug-likeness (QED) is 0.336. The Bertz CT molecular complexity index is 610. The van der Waals surface area contributed by atoms with E-state index < -0.39 is 0 Å². The first kappa shape index (κ1) is 22.8. The molecule has 0 aromatic heterocycles. The molecule has 7 atom stereocenters. The number of allylic oxidation sites excluding steroid dienone is 1. The van der Waals surface area contributed by atoms with Gasteiger partial charge in [-0.2, -0.15) is 0 Å². The third-order valence-electron chi connectivity index (χ3n) is 10.3. The van der Waals surface area contributed by atoms with Crippen LogP contribution in [0.4, 0.5) is 0 Å². The molecule has 0 radical (unpaired) electrons. The molecule has 3 saturated carbocycles. The highest BCUT2D eigenvalue weighted by Crippen LogP contribution is 2.66. The molecule has 4 rings (SSSR count). The van der Waals surface area contributed by atoms with Crippen molar-refractivity contribution in [3.63, 3.8) is 0 Å².